The fourth-order valence-corrected chi connectivity index (χ4v) is 0.623. The molecule has 0 bridgehead atoms. The molecule has 0 fully saturated rings. The normalized spacial score (nSPS) is 9.50. The smallest absolute Gasteiger partial charge is 0.401 e. The molecule has 0 unspecified atom stereocenters. The quantitative estimate of drug-likeness (QED) is 0.316. The molecule has 1 aromatic heterocycles. The summed E-state index contributed by atoms with van der Waals surface area (Å²) in [4.78, 5) is 25.1. The number of amides is 1. The Bertz CT molecular complexity index is 394. The molecule has 2 N–H and O–H groups in total. The number of carbonyl (C=O) groups excluding carboxylic acids is 2. The van der Waals surface area contributed by atoms with Gasteiger partial charge in [-0.25, -0.2) is 4.79 Å². The van der Waals surface area contributed by atoms with E-state index < -0.39 is 17.4 Å². The van der Waals surface area contributed by atoms with Gasteiger partial charge < -0.3 is 14.9 Å². The standard InChI is InChI=1S/C8H8N2O4/c1-4-3-10-8(13-4)14-7(12)5(2)6(9)11/h3H,2H2,1H3,(H2,9,11). The summed E-state index contributed by atoms with van der Waals surface area (Å²) in [6, 6.07) is 0. The van der Waals surface area contributed by atoms with Crippen molar-refractivity contribution in [1.82, 2.24) is 4.98 Å². The van der Waals surface area contributed by atoms with Crippen molar-refractivity contribution < 1.29 is 18.7 Å². The highest BCUT2D eigenvalue weighted by Crippen LogP contribution is 2.11. The zero-order chi connectivity index (χ0) is 10.7. The van der Waals surface area contributed by atoms with E-state index in [9.17, 15) is 9.59 Å². The van der Waals surface area contributed by atoms with Crippen LogP contribution in [0, 0.1) is 6.92 Å². The van der Waals surface area contributed by atoms with E-state index in [1.165, 1.54) is 6.20 Å². The van der Waals surface area contributed by atoms with Gasteiger partial charge in [-0.15, -0.1) is 0 Å². The number of nitrogens with zero attached hydrogens (tertiary/aromatic N) is 1. The molecule has 1 rings (SSSR count). The van der Waals surface area contributed by atoms with Crippen LogP contribution in [0.3, 0.4) is 0 Å². The maximum atomic E-state index is 11.0. The van der Waals surface area contributed by atoms with E-state index in [2.05, 4.69) is 16.3 Å². The Kier molecular flexibility index (Phi) is 2.66. The maximum absolute atomic E-state index is 11.0. The molecular weight excluding hydrogens is 188 g/mol. The van der Waals surface area contributed by atoms with Crippen LogP contribution in [0.25, 0.3) is 0 Å². The molecule has 0 spiro atoms. The van der Waals surface area contributed by atoms with Gasteiger partial charge in [0.05, 0.1) is 6.20 Å². The van der Waals surface area contributed by atoms with Gasteiger partial charge in [-0.1, -0.05) is 6.58 Å². The number of aromatic nitrogens is 1. The summed E-state index contributed by atoms with van der Waals surface area (Å²) in [5.41, 5.74) is 4.35. The number of primary amides is 1. The third kappa shape index (κ3) is 2.19. The number of nitrogens with two attached hydrogens (primary N) is 1. The van der Waals surface area contributed by atoms with Crippen LogP contribution in [0.15, 0.2) is 22.8 Å². The van der Waals surface area contributed by atoms with Crippen molar-refractivity contribution in [2.45, 2.75) is 6.92 Å². The number of esters is 1. The molecule has 0 atom stereocenters. The second-order valence-corrected chi connectivity index (χ2v) is 2.47. The van der Waals surface area contributed by atoms with Gasteiger partial charge in [0, 0.05) is 0 Å². The molecule has 6 heteroatoms. The molecule has 14 heavy (non-hydrogen) atoms. The van der Waals surface area contributed by atoms with Gasteiger partial charge in [0.1, 0.15) is 11.3 Å². The van der Waals surface area contributed by atoms with Gasteiger partial charge in [-0.3, -0.25) is 4.79 Å². The topological polar surface area (TPSA) is 95.4 Å². The first kappa shape index (κ1) is 9.97. The molecule has 1 amide bonds. The lowest BCUT2D eigenvalue weighted by molar-refractivity contribution is -0.133. The average molecular weight is 196 g/mol. The number of hydrogen-bond acceptors (Lipinski definition) is 5. The highest BCUT2D eigenvalue weighted by atomic mass is 16.6. The summed E-state index contributed by atoms with van der Waals surface area (Å²) in [6.07, 6.45) is 1.13. The summed E-state index contributed by atoms with van der Waals surface area (Å²) in [5, 5.41) is 0. The van der Waals surface area contributed by atoms with Crippen molar-refractivity contribution in [3.05, 3.63) is 24.1 Å². The Labute approximate surface area is 79.4 Å². The number of carbonyl (C=O) groups is 2. The molecule has 6 nitrogen and oxygen atoms in total. The lowest BCUT2D eigenvalue weighted by atomic mass is 10.3. The van der Waals surface area contributed by atoms with Crippen molar-refractivity contribution in [3.8, 4) is 6.08 Å². The number of hydrogen-bond donors (Lipinski definition) is 1. The van der Waals surface area contributed by atoms with E-state index in [0.717, 1.165) is 0 Å². The first-order valence-corrected chi connectivity index (χ1v) is 3.64. The third-order valence-electron chi connectivity index (χ3n) is 1.32. The maximum Gasteiger partial charge on any atom is 0.401 e. The largest absolute Gasteiger partial charge is 0.414 e. The van der Waals surface area contributed by atoms with Crippen molar-refractivity contribution in [1.29, 1.82) is 0 Å². The van der Waals surface area contributed by atoms with Crippen molar-refractivity contribution in [2.75, 3.05) is 0 Å². The fraction of sp³-hybridized carbons (Fsp3) is 0.125. The second-order valence-electron chi connectivity index (χ2n) is 2.47. The Balaban J connectivity index is 2.66. The molecule has 0 aliphatic rings. The van der Waals surface area contributed by atoms with Crippen LogP contribution in [0.1, 0.15) is 5.76 Å². The molecule has 1 aromatic rings. The first-order valence-electron chi connectivity index (χ1n) is 3.64. The molecule has 0 aliphatic carbocycles. The highest BCUT2D eigenvalue weighted by Gasteiger charge is 2.17. The fourth-order valence-electron chi connectivity index (χ4n) is 0.623. The molecule has 74 valence electrons. The predicted octanol–water partition coefficient (Wildman–Crippen LogP) is -0.0701. The summed E-state index contributed by atoms with van der Waals surface area (Å²) < 4.78 is 9.38. The van der Waals surface area contributed by atoms with Crippen LogP contribution in [-0.4, -0.2) is 16.9 Å². The van der Waals surface area contributed by atoms with E-state index in [4.69, 9.17) is 10.2 Å². The van der Waals surface area contributed by atoms with Crippen LogP contribution in [0.2, 0.25) is 0 Å². The van der Waals surface area contributed by atoms with Crippen molar-refractivity contribution in [3.63, 3.8) is 0 Å². The van der Waals surface area contributed by atoms with Crippen molar-refractivity contribution >= 4 is 11.9 Å². The zero-order valence-electron chi connectivity index (χ0n) is 7.44. The Morgan fingerprint density at radius 2 is 2.29 bits per heavy atom. The Hall–Kier alpha value is -2.11. The van der Waals surface area contributed by atoms with Crippen LogP contribution >= 0.6 is 0 Å². The van der Waals surface area contributed by atoms with E-state index in [0.29, 0.717) is 5.76 Å². The van der Waals surface area contributed by atoms with Crippen LogP contribution in [0.5, 0.6) is 6.08 Å². The summed E-state index contributed by atoms with van der Waals surface area (Å²) >= 11 is 0. The molecule has 0 saturated carbocycles. The third-order valence-corrected chi connectivity index (χ3v) is 1.32. The number of aryl methyl sites for hydroxylation is 1. The number of rotatable bonds is 3. The minimum absolute atomic E-state index is 0.241. The van der Waals surface area contributed by atoms with Crippen LogP contribution < -0.4 is 10.5 Å². The van der Waals surface area contributed by atoms with Gasteiger partial charge in [-0.05, 0) is 6.92 Å². The van der Waals surface area contributed by atoms with Crippen LogP contribution in [-0.2, 0) is 9.59 Å². The van der Waals surface area contributed by atoms with Crippen molar-refractivity contribution in [2.24, 2.45) is 5.73 Å². The molecule has 1 heterocycles. The Morgan fingerprint density at radius 1 is 1.64 bits per heavy atom. The molecule has 0 radical (unpaired) electrons. The van der Waals surface area contributed by atoms with Crippen LogP contribution in [0.4, 0.5) is 0 Å². The minimum Gasteiger partial charge on any atom is -0.414 e. The minimum atomic E-state index is -0.973. The summed E-state index contributed by atoms with van der Waals surface area (Å²) in [6.45, 7) is 4.77. The van der Waals surface area contributed by atoms with E-state index in [1.807, 2.05) is 0 Å². The average Bonchev–Trinajstić information content (AvgIpc) is 2.49. The van der Waals surface area contributed by atoms with Gasteiger partial charge in [0.2, 0.25) is 0 Å². The molecule has 0 aliphatic heterocycles. The number of oxazole rings is 1. The van der Waals surface area contributed by atoms with E-state index in [-0.39, 0.29) is 6.08 Å². The SMILES string of the molecule is C=C(C(N)=O)C(=O)Oc1ncc(C)o1. The summed E-state index contributed by atoms with van der Waals surface area (Å²) in [7, 11) is 0. The highest BCUT2D eigenvalue weighted by molar-refractivity contribution is 6.15. The van der Waals surface area contributed by atoms with Gasteiger partial charge in [0.25, 0.3) is 5.91 Å². The Morgan fingerprint density at radius 3 is 2.71 bits per heavy atom. The monoisotopic (exact) mass is 196 g/mol. The van der Waals surface area contributed by atoms with E-state index in [1.54, 1.807) is 6.92 Å². The predicted molar refractivity (Wildman–Crippen MR) is 45.2 cm³/mol. The van der Waals surface area contributed by atoms with Gasteiger partial charge in [-0.2, -0.15) is 4.98 Å². The number of ether oxygens (including phenoxy) is 1. The lowest BCUT2D eigenvalue weighted by Gasteiger charge is -1.98. The first-order chi connectivity index (χ1) is 6.50. The van der Waals surface area contributed by atoms with E-state index >= 15 is 0 Å². The zero-order valence-corrected chi connectivity index (χ0v) is 7.44. The second kappa shape index (κ2) is 3.73. The van der Waals surface area contributed by atoms with Gasteiger partial charge in [0.15, 0.2) is 0 Å². The molecule has 0 saturated heterocycles. The molecular formula is C8H8N2O4. The summed E-state index contributed by atoms with van der Waals surface area (Å²) in [5.74, 6) is -1.44. The van der Waals surface area contributed by atoms with Gasteiger partial charge >= 0.3 is 12.0 Å². The molecule has 0 aromatic carbocycles. The lowest BCUT2D eigenvalue weighted by Crippen LogP contribution is -2.23.